The highest BCUT2D eigenvalue weighted by Gasteiger charge is 2.25. The van der Waals surface area contributed by atoms with E-state index in [4.69, 9.17) is 0 Å². The van der Waals surface area contributed by atoms with Gasteiger partial charge in [-0.15, -0.1) is 0 Å². The number of allylic oxidation sites excluding steroid dienone is 2. The van der Waals surface area contributed by atoms with Crippen LogP contribution in [-0.4, -0.2) is 4.86 Å². The van der Waals surface area contributed by atoms with Gasteiger partial charge in [-0.1, -0.05) is 90.8 Å². The summed E-state index contributed by atoms with van der Waals surface area (Å²) >= 11 is 0. The van der Waals surface area contributed by atoms with E-state index in [0.717, 1.165) is 0 Å². The zero-order chi connectivity index (χ0) is 13.4. The van der Waals surface area contributed by atoms with Crippen molar-refractivity contribution in [3.63, 3.8) is 0 Å². The van der Waals surface area contributed by atoms with Gasteiger partial charge in [-0.25, -0.2) is 0 Å². The van der Waals surface area contributed by atoms with Crippen molar-refractivity contribution in [3.8, 4) is 0 Å². The molecule has 0 amide bonds. The van der Waals surface area contributed by atoms with Gasteiger partial charge in [0.25, 0.3) is 0 Å². The van der Waals surface area contributed by atoms with E-state index in [0.29, 0.717) is 0 Å². The molecule has 0 saturated heterocycles. The molecule has 20 heavy (non-hydrogen) atoms. The van der Waals surface area contributed by atoms with Crippen molar-refractivity contribution < 1.29 is 0 Å². The smallest absolute Gasteiger partial charge is 0.0281 e. The van der Waals surface area contributed by atoms with Gasteiger partial charge in [-0.2, -0.15) is 0 Å². The first-order chi connectivity index (χ1) is 9.92. The Bertz CT molecular complexity index is 740. The van der Waals surface area contributed by atoms with Crippen LogP contribution in [-0.2, 0) is 0 Å². The van der Waals surface area contributed by atoms with Gasteiger partial charge in [-0.05, 0) is 22.6 Å². The molecule has 3 heteroatoms. The standard InChI is InChI=1S/C17H12S3/c1-3-7-13(8-4-1)15-12-18-20-17(15)11-16(19-20)14-9-5-2-6-10-14/h1-12H. The second kappa shape index (κ2) is 5.32. The Labute approximate surface area is 128 Å². The van der Waals surface area contributed by atoms with E-state index in [1.165, 1.54) is 26.5 Å². The molecule has 0 aliphatic carbocycles. The van der Waals surface area contributed by atoms with Crippen molar-refractivity contribution in [1.29, 1.82) is 0 Å². The molecule has 0 spiro atoms. The van der Waals surface area contributed by atoms with E-state index >= 15 is 0 Å². The quantitative estimate of drug-likeness (QED) is 0.505. The predicted molar refractivity (Wildman–Crippen MR) is 96.6 cm³/mol. The largest absolute Gasteiger partial charge is 0.0622 e. The molecule has 2 heterocycles. The Hall–Kier alpha value is -1.16. The summed E-state index contributed by atoms with van der Waals surface area (Å²) in [6, 6.07) is 21.4. The second-order valence-electron chi connectivity index (χ2n) is 4.55. The topological polar surface area (TPSA) is 0 Å². The molecular weight excluding hydrogens is 300 g/mol. The molecule has 0 radical (unpaired) electrons. The molecule has 4 rings (SSSR count). The van der Waals surface area contributed by atoms with Crippen LogP contribution in [0.4, 0.5) is 0 Å². The third-order valence-corrected chi connectivity index (χ3v) is 9.36. The summed E-state index contributed by atoms with van der Waals surface area (Å²) in [6.45, 7) is 0. The summed E-state index contributed by atoms with van der Waals surface area (Å²) in [5, 5.41) is 2.32. The molecule has 2 aliphatic rings. The van der Waals surface area contributed by atoms with E-state index in [2.05, 4.69) is 72.1 Å². The van der Waals surface area contributed by atoms with Crippen LogP contribution in [0.3, 0.4) is 0 Å². The Kier molecular flexibility index (Phi) is 3.34. The van der Waals surface area contributed by atoms with E-state index < -0.39 is 0 Å². The maximum atomic E-state index is 2.38. The van der Waals surface area contributed by atoms with Gasteiger partial charge < -0.3 is 0 Å². The molecule has 0 fully saturated rings. The molecular formula is C17H12S3. The van der Waals surface area contributed by atoms with Gasteiger partial charge in [0.1, 0.15) is 0 Å². The minimum absolute atomic E-state index is 0.236. The first-order valence-corrected chi connectivity index (χ1v) is 10.4. The zero-order valence-corrected chi connectivity index (χ0v) is 13.1. The van der Waals surface area contributed by atoms with Crippen LogP contribution in [0.25, 0.3) is 10.5 Å². The van der Waals surface area contributed by atoms with Gasteiger partial charge in [0, 0.05) is 15.3 Å². The van der Waals surface area contributed by atoms with Crippen LogP contribution in [0.2, 0.25) is 0 Å². The lowest BCUT2D eigenvalue weighted by atomic mass is 10.0. The summed E-state index contributed by atoms with van der Waals surface area (Å²) in [5.74, 6) is 0. The predicted octanol–water partition coefficient (Wildman–Crippen LogP) is 5.83. The Morgan fingerprint density at radius 3 is 2.10 bits per heavy atom. The molecule has 98 valence electrons. The molecule has 2 aromatic carbocycles. The molecule has 2 aromatic rings. The molecule has 0 nitrogen and oxygen atoms in total. The average Bonchev–Trinajstić information content (AvgIpc) is 3.09. The first kappa shape index (κ1) is 12.6. The summed E-state index contributed by atoms with van der Waals surface area (Å²) < 4.78 is 0. The fourth-order valence-electron chi connectivity index (χ4n) is 2.27. The van der Waals surface area contributed by atoms with Gasteiger partial charge in [0.15, 0.2) is 0 Å². The van der Waals surface area contributed by atoms with Crippen LogP contribution in [0.15, 0.2) is 72.1 Å². The maximum Gasteiger partial charge on any atom is 0.0281 e. The number of hydrogen-bond acceptors (Lipinski definition) is 2. The normalized spacial score (nSPS) is 20.6. The van der Waals surface area contributed by atoms with Crippen molar-refractivity contribution in [2.45, 2.75) is 0 Å². The van der Waals surface area contributed by atoms with Crippen molar-refractivity contribution in [1.82, 2.24) is 0 Å². The highest BCUT2D eigenvalue weighted by atomic mass is 33.5. The molecule has 0 N–H and O–H groups in total. The SMILES string of the molecule is C1=C(c2ccccc2)SS2=C1C(c1ccccc1)=CS2. The van der Waals surface area contributed by atoms with Crippen LogP contribution in [0.1, 0.15) is 11.1 Å². The summed E-state index contributed by atoms with van der Waals surface area (Å²) in [5.41, 5.74) is 4.06. The van der Waals surface area contributed by atoms with E-state index in [9.17, 15) is 0 Å². The highest BCUT2D eigenvalue weighted by molar-refractivity contribution is 9.18. The third kappa shape index (κ3) is 2.20. The number of benzene rings is 2. The lowest BCUT2D eigenvalue weighted by Crippen LogP contribution is -1.93. The van der Waals surface area contributed by atoms with Crippen molar-refractivity contribution in [2.24, 2.45) is 0 Å². The van der Waals surface area contributed by atoms with Crippen molar-refractivity contribution in [3.05, 3.63) is 83.3 Å². The second-order valence-corrected chi connectivity index (χ2v) is 10.2. The molecule has 0 aromatic heterocycles. The zero-order valence-electron chi connectivity index (χ0n) is 10.7. The lowest BCUT2D eigenvalue weighted by molar-refractivity contribution is 1.64. The Balaban J connectivity index is 1.70. The maximum absolute atomic E-state index is 2.38. The highest BCUT2D eigenvalue weighted by Crippen LogP contribution is 2.61. The fraction of sp³-hybridized carbons (Fsp3) is 0. The van der Waals surface area contributed by atoms with Crippen LogP contribution in [0.5, 0.6) is 0 Å². The minimum Gasteiger partial charge on any atom is -0.0622 e. The van der Waals surface area contributed by atoms with E-state index in [1.54, 1.807) is 0 Å². The Morgan fingerprint density at radius 1 is 0.750 bits per heavy atom. The number of hydrogen-bond donors (Lipinski definition) is 0. The molecule has 0 bridgehead atoms. The summed E-state index contributed by atoms with van der Waals surface area (Å²) in [6.07, 6.45) is 2.38. The average molecular weight is 312 g/mol. The van der Waals surface area contributed by atoms with Crippen LogP contribution >= 0.6 is 30.1 Å². The van der Waals surface area contributed by atoms with E-state index in [-0.39, 0.29) is 8.55 Å². The fourth-order valence-corrected chi connectivity index (χ4v) is 8.59. The van der Waals surface area contributed by atoms with Gasteiger partial charge in [0.05, 0.1) is 0 Å². The van der Waals surface area contributed by atoms with Crippen molar-refractivity contribution in [2.75, 3.05) is 0 Å². The van der Waals surface area contributed by atoms with Gasteiger partial charge in [-0.3, -0.25) is 0 Å². The molecule has 1 atom stereocenters. The first-order valence-electron chi connectivity index (χ1n) is 6.41. The van der Waals surface area contributed by atoms with Crippen LogP contribution < -0.4 is 0 Å². The molecule has 2 aliphatic heterocycles. The molecule has 0 saturated carbocycles. The molecule has 1 unspecified atom stereocenters. The summed E-state index contributed by atoms with van der Waals surface area (Å²) in [4.78, 5) is 2.89. The lowest BCUT2D eigenvalue weighted by Gasteiger charge is -2.03. The van der Waals surface area contributed by atoms with Gasteiger partial charge in [0.2, 0.25) is 0 Å². The third-order valence-electron chi connectivity index (χ3n) is 3.27. The monoisotopic (exact) mass is 312 g/mol. The Morgan fingerprint density at radius 2 is 1.40 bits per heavy atom. The summed E-state index contributed by atoms with van der Waals surface area (Å²) in [7, 11) is 4.19. The number of rotatable bonds is 2. The minimum atomic E-state index is 0.236. The van der Waals surface area contributed by atoms with Crippen LogP contribution in [0, 0.1) is 0 Å². The van der Waals surface area contributed by atoms with Crippen molar-refractivity contribution >= 4 is 45.5 Å². The van der Waals surface area contributed by atoms with E-state index in [1.807, 2.05) is 21.6 Å². The van der Waals surface area contributed by atoms with Gasteiger partial charge >= 0.3 is 0 Å².